The number of aromatic nitrogens is 1. The van der Waals surface area contributed by atoms with Gasteiger partial charge in [0.2, 0.25) is 5.91 Å². The maximum absolute atomic E-state index is 11.8. The minimum absolute atomic E-state index is 0.0959. The summed E-state index contributed by atoms with van der Waals surface area (Å²) in [5.41, 5.74) is 1.67. The number of hydrogen-bond donors (Lipinski definition) is 2. The van der Waals surface area contributed by atoms with E-state index < -0.39 is 0 Å². The Labute approximate surface area is 135 Å². The predicted molar refractivity (Wildman–Crippen MR) is 88.9 cm³/mol. The van der Waals surface area contributed by atoms with Crippen molar-refractivity contribution in [2.75, 3.05) is 32.1 Å². The largest absolute Gasteiger partial charge is 0.455 e. The fourth-order valence-electron chi connectivity index (χ4n) is 1.96. The van der Waals surface area contributed by atoms with Crippen molar-refractivity contribution in [2.24, 2.45) is 0 Å². The van der Waals surface area contributed by atoms with E-state index in [1.807, 2.05) is 37.3 Å². The Morgan fingerprint density at radius 1 is 1.30 bits per heavy atom. The summed E-state index contributed by atoms with van der Waals surface area (Å²) >= 11 is 0. The van der Waals surface area contributed by atoms with Gasteiger partial charge >= 0.3 is 0 Å². The van der Waals surface area contributed by atoms with E-state index in [0.717, 1.165) is 17.0 Å². The quantitative estimate of drug-likeness (QED) is 0.732. The highest BCUT2D eigenvalue weighted by Gasteiger charge is 2.06. The number of aryl methyl sites for hydroxylation is 1. The first kappa shape index (κ1) is 16.9. The van der Waals surface area contributed by atoms with Crippen LogP contribution in [0, 0.1) is 6.92 Å². The first-order valence-electron chi connectivity index (χ1n) is 7.37. The van der Waals surface area contributed by atoms with E-state index in [4.69, 9.17) is 9.47 Å². The van der Waals surface area contributed by atoms with Crippen molar-refractivity contribution in [3.63, 3.8) is 0 Å². The lowest BCUT2D eigenvalue weighted by Gasteiger charge is -2.11. The number of nitrogens with one attached hydrogen (secondary N) is 2. The molecule has 1 amide bonds. The Bertz CT molecular complexity index is 632. The Morgan fingerprint density at radius 3 is 2.87 bits per heavy atom. The van der Waals surface area contributed by atoms with Crippen molar-refractivity contribution in [1.82, 2.24) is 10.3 Å². The summed E-state index contributed by atoms with van der Waals surface area (Å²) in [6.45, 7) is 3.39. The van der Waals surface area contributed by atoms with Gasteiger partial charge in [-0.15, -0.1) is 0 Å². The molecule has 23 heavy (non-hydrogen) atoms. The molecule has 0 saturated carbocycles. The van der Waals surface area contributed by atoms with Gasteiger partial charge in [-0.05, 0) is 42.8 Å². The highest BCUT2D eigenvalue weighted by Crippen LogP contribution is 2.26. The van der Waals surface area contributed by atoms with E-state index in [9.17, 15) is 4.79 Å². The zero-order chi connectivity index (χ0) is 16.5. The van der Waals surface area contributed by atoms with E-state index in [1.165, 1.54) is 0 Å². The minimum atomic E-state index is -0.0959. The topological polar surface area (TPSA) is 72.5 Å². The normalized spacial score (nSPS) is 10.3. The van der Waals surface area contributed by atoms with Gasteiger partial charge in [0.1, 0.15) is 11.5 Å². The molecule has 0 spiro atoms. The molecule has 0 aliphatic rings. The van der Waals surface area contributed by atoms with Crippen LogP contribution >= 0.6 is 0 Å². The molecule has 6 heteroatoms. The second-order valence-electron chi connectivity index (χ2n) is 4.99. The number of carbonyl (C=O) groups excluding carboxylic acids is 1. The van der Waals surface area contributed by atoms with Crippen LogP contribution in [0.2, 0.25) is 0 Å². The molecule has 0 aliphatic heterocycles. The number of anilines is 1. The number of pyridine rings is 1. The highest BCUT2D eigenvalue weighted by molar-refractivity contribution is 5.92. The molecular formula is C17H21N3O3. The number of carbonyl (C=O) groups is 1. The van der Waals surface area contributed by atoms with Gasteiger partial charge < -0.3 is 20.1 Å². The summed E-state index contributed by atoms with van der Waals surface area (Å²) in [5, 5.41) is 5.84. The van der Waals surface area contributed by atoms with Gasteiger partial charge in [-0.1, -0.05) is 0 Å². The molecule has 2 N–H and O–H groups in total. The predicted octanol–water partition coefficient (Wildman–Crippen LogP) is 2.36. The molecular weight excluding hydrogens is 294 g/mol. The SMILES string of the molecule is COCCNCC(=O)Nc1ccc(Oc2cccnc2)c(C)c1. The summed E-state index contributed by atoms with van der Waals surface area (Å²) in [7, 11) is 1.62. The van der Waals surface area contributed by atoms with Gasteiger partial charge in [0.15, 0.2) is 0 Å². The molecule has 0 radical (unpaired) electrons. The van der Waals surface area contributed by atoms with E-state index in [1.54, 1.807) is 19.5 Å². The van der Waals surface area contributed by atoms with Crippen LogP contribution in [0.25, 0.3) is 0 Å². The van der Waals surface area contributed by atoms with Gasteiger partial charge in [-0.2, -0.15) is 0 Å². The second-order valence-corrected chi connectivity index (χ2v) is 4.99. The molecule has 2 aromatic rings. The third-order valence-electron chi connectivity index (χ3n) is 3.09. The van der Waals surface area contributed by atoms with E-state index >= 15 is 0 Å². The number of methoxy groups -OCH3 is 1. The van der Waals surface area contributed by atoms with Gasteiger partial charge in [-0.25, -0.2) is 0 Å². The fourth-order valence-corrected chi connectivity index (χ4v) is 1.96. The van der Waals surface area contributed by atoms with Crippen molar-refractivity contribution in [3.05, 3.63) is 48.3 Å². The van der Waals surface area contributed by atoms with Crippen LogP contribution in [0.5, 0.6) is 11.5 Å². The third kappa shape index (κ3) is 5.69. The number of amides is 1. The Morgan fingerprint density at radius 2 is 2.17 bits per heavy atom. The van der Waals surface area contributed by atoms with Crippen LogP contribution in [0.4, 0.5) is 5.69 Å². The molecule has 1 aromatic carbocycles. The van der Waals surface area contributed by atoms with Crippen molar-refractivity contribution in [1.29, 1.82) is 0 Å². The van der Waals surface area contributed by atoms with Crippen LogP contribution < -0.4 is 15.4 Å². The number of hydrogen-bond acceptors (Lipinski definition) is 5. The van der Waals surface area contributed by atoms with Crippen molar-refractivity contribution in [2.45, 2.75) is 6.92 Å². The number of rotatable bonds is 8. The summed E-state index contributed by atoms with van der Waals surface area (Å²) in [5.74, 6) is 1.31. The highest BCUT2D eigenvalue weighted by atomic mass is 16.5. The fraction of sp³-hybridized carbons (Fsp3) is 0.294. The maximum atomic E-state index is 11.8. The zero-order valence-electron chi connectivity index (χ0n) is 13.3. The Kier molecular flexibility index (Phi) is 6.53. The standard InChI is InChI=1S/C17H21N3O3/c1-13-10-14(20-17(21)12-19-8-9-22-2)5-6-16(13)23-15-4-3-7-18-11-15/h3-7,10-11,19H,8-9,12H2,1-2H3,(H,20,21). The van der Waals surface area contributed by atoms with Crippen LogP contribution in [0.3, 0.4) is 0 Å². The van der Waals surface area contributed by atoms with Gasteiger partial charge in [0.25, 0.3) is 0 Å². The molecule has 0 atom stereocenters. The maximum Gasteiger partial charge on any atom is 0.238 e. The van der Waals surface area contributed by atoms with Crippen molar-refractivity contribution in [3.8, 4) is 11.5 Å². The molecule has 0 fully saturated rings. The molecule has 2 rings (SSSR count). The van der Waals surface area contributed by atoms with E-state index in [-0.39, 0.29) is 12.5 Å². The van der Waals surface area contributed by atoms with Crippen LogP contribution in [-0.2, 0) is 9.53 Å². The summed E-state index contributed by atoms with van der Waals surface area (Å²) < 4.78 is 10.7. The zero-order valence-corrected chi connectivity index (χ0v) is 13.3. The van der Waals surface area contributed by atoms with Crippen molar-refractivity contribution < 1.29 is 14.3 Å². The summed E-state index contributed by atoms with van der Waals surface area (Å²) in [6, 6.07) is 9.17. The van der Waals surface area contributed by atoms with Gasteiger partial charge in [-0.3, -0.25) is 9.78 Å². The van der Waals surface area contributed by atoms with E-state index in [2.05, 4.69) is 15.6 Å². The molecule has 6 nitrogen and oxygen atoms in total. The lowest BCUT2D eigenvalue weighted by atomic mass is 10.2. The molecule has 0 saturated heterocycles. The van der Waals surface area contributed by atoms with Crippen molar-refractivity contribution >= 4 is 11.6 Å². The third-order valence-corrected chi connectivity index (χ3v) is 3.09. The summed E-state index contributed by atoms with van der Waals surface area (Å²) in [4.78, 5) is 15.8. The lowest BCUT2D eigenvalue weighted by molar-refractivity contribution is -0.115. The first-order valence-corrected chi connectivity index (χ1v) is 7.37. The number of benzene rings is 1. The lowest BCUT2D eigenvalue weighted by Crippen LogP contribution is -2.30. The molecule has 122 valence electrons. The number of nitrogens with zero attached hydrogens (tertiary/aromatic N) is 1. The van der Waals surface area contributed by atoms with Crippen LogP contribution in [0.15, 0.2) is 42.7 Å². The Balaban J connectivity index is 1.90. The second kappa shape index (κ2) is 8.87. The monoisotopic (exact) mass is 315 g/mol. The molecule has 0 aliphatic carbocycles. The summed E-state index contributed by atoms with van der Waals surface area (Å²) in [6.07, 6.45) is 3.35. The molecule has 0 unspecified atom stereocenters. The molecule has 0 bridgehead atoms. The van der Waals surface area contributed by atoms with Gasteiger partial charge in [0, 0.05) is 25.5 Å². The first-order chi connectivity index (χ1) is 11.2. The minimum Gasteiger partial charge on any atom is -0.455 e. The molecule has 1 heterocycles. The van der Waals surface area contributed by atoms with Gasteiger partial charge in [0.05, 0.1) is 19.3 Å². The Hall–Kier alpha value is -2.44. The average molecular weight is 315 g/mol. The van der Waals surface area contributed by atoms with Crippen LogP contribution in [-0.4, -0.2) is 37.7 Å². The average Bonchev–Trinajstić information content (AvgIpc) is 2.55. The van der Waals surface area contributed by atoms with Crippen LogP contribution in [0.1, 0.15) is 5.56 Å². The number of ether oxygens (including phenoxy) is 2. The smallest absolute Gasteiger partial charge is 0.238 e. The van der Waals surface area contributed by atoms with E-state index in [0.29, 0.717) is 18.9 Å². The molecule has 1 aromatic heterocycles.